The first-order valence-corrected chi connectivity index (χ1v) is 6.84. The fourth-order valence-electron chi connectivity index (χ4n) is 1.96. The maximum Gasteiger partial charge on any atom is 0.254 e. The van der Waals surface area contributed by atoms with Gasteiger partial charge in [-0.3, -0.25) is 4.79 Å². The fourth-order valence-corrected chi connectivity index (χ4v) is 2.21. The number of rotatable bonds is 4. The Bertz CT molecular complexity index is 601. The van der Waals surface area contributed by atoms with E-state index < -0.39 is 11.7 Å². The molecule has 2 nitrogen and oxygen atoms in total. The Morgan fingerprint density at radius 3 is 2.55 bits per heavy atom. The van der Waals surface area contributed by atoms with Crippen LogP contribution in [0.1, 0.15) is 27.5 Å². The Hall–Kier alpha value is -1.87. The Labute approximate surface area is 122 Å². The third-order valence-corrected chi connectivity index (χ3v) is 3.41. The zero-order valence-electron chi connectivity index (χ0n) is 11.1. The molecule has 0 aliphatic rings. The van der Waals surface area contributed by atoms with E-state index in [4.69, 9.17) is 11.6 Å². The lowest BCUT2D eigenvalue weighted by atomic mass is 10.1. The zero-order valence-corrected chi connectivity index (χ0v) is 11.8. The largest absolute Gasteiger partial charge is 0.344 e. The van der Waals surface area contributed by atoms with Crippen LogP contribution in [0.3, 0.4) is 0 Å². The molecular formula is C16H15ClFNO. The normalized spacial score (nSPS) is 11.9. The van der Waals surface area contributed by atoms with Crippen molar-refractivity contribution in [3.63, 3.8) is 0 Å². The molecule has 0 fully saturated rings. The highest BCUT2D eigenvalue weighted by Crippen LogP contribution is 2.17. The van der Waals surface area contributed by atoms with E-state index in [1.54, 1.807) is 19.1 Å². The molecule has 2 aromatic rings. The van der Waals surface area contributed by atoms with Gasteiger partial charge in [-0.2, -0.15) is 0 Å². The molecule has 1 amide bonds. The summed E-state index contributed by atoms with van der Waals surface area (Å²) >= 11 is 5.90. The maximum atomic E-state index is 13.9. The van der Waals surface area contributed by atoms with Crippen molar-refractivity contribution in [2.75, 3.05) is 5.88 Å². The summed E-state index contributed by atoms with van der Waals surface area (Å²) in [4.78, 5) is 12.2. The second kappa shape index (κ2) is 6.53. The SMILES string of the molecule is Cc1cccc(C(=O)NC(CCl)c2ccccc2)c1F. The summed E-state index contributed by atoms with van der Waals surface area (Å²) in [5.41, 5.74) is 1.37. The van der Waals surface area contributed by atoms with Crippen LogP contribution in [0.4, 0.5) is 4.39 Å². The van der Waals surface area contributed by atoms with E-state index in [1.807, 2.05) is 30.3 Å². The minimum Gasteiger partial charge on any atom is -0.344 e. The molecule has 1 atom stereocenters. The molecule has 2 aromatic carbocycles. The van der Waals surface area contributed by atoms with E-state index in [0.717, 1.165) is 5.56 Å². The highest BCUT2D eigenvalue weighted by atomic mass is 35.5. The maximum absolute atomic E-state index is 13.9. The van der Waals surface area contributed by atoms with Gasteiger partial charge in [0.2, 0.25) is 0 Å². The molecule has 0 bridgehead atoms. The Morgan fingerprint density at radius 2 is 1.90 bits per heavy atom. The van der Waals surface area contributed by atoms with Crippen molar-refractivity contribution in [1.29, 1.82) is 0 Å². The fraction of sp³-hybridized carbons (Fsp3) is 0.188. The minimum atomic E-state index is -0.494. The molecule has 104 valence electrons. The number of amides is 1. The number of benzene rings is 2. The van der Waals surface area contributed by atoms with Crippen molar-refractivity contribution in [2.45, 2.75) is 13.0 Å². The van der Waals surface area contributed by atoms with Gasteiger partial charge in [0.05, 0.1) is 11.6 Å². The Kier molecular flexibility index (Phi) is 4.74. The van der Waals surface area contributed by atoms with Crippen LogP contribution in [0, 0.1) is 12.7 Å². The highest BCUT2D eigenvalue weighted by molar-refractivity contribution is 6.18. The zero-order chi connectivity index (χ0) is 14.5. The van der Waals surface area contributed by atoms with Crippen LogP contribution < -0.4 is 5.32 Å². The topological polar surface area (TPSA) is 29.1 Å². The predicted octanol–water partition coefficient (Wildman–Crippen LogP) is 3.84. The van der Waals surface area contributed by atoms with Crippen LogP contribution >= 0.6 is 11.6 Å². The van der Waals surface area contributed by atoms with Crippen molar-refractivity contribution in [1.82, 2.24) is 5.32 Å². The van der Waals surface area contributed by atoms with Crippen LogP contribution in [-0.4, -0.2) is 11.8 Å². The lowest BCUT2D eigenvalue weighted by Crippen LogP contribution is -2.30. The van der Waals surface area contributed by atoms with Crippen molar-refractivity contribution >= 4 is 17.5 Å². The molecule has 0 aromatic heterocycles. The van der Waals surface area contributed by atoms with Gasteiger partial charge in [-0.15, -0.1) is 11.6 Å². The van der Waals surface area contributed by atoms with Crippen molar-refractivity contribution in [3.05, 3.63) is 71.0 Å². The first-order valence-electron chi connectivity index (χ1n) is 6.30. The Morgan fingerprint density at radius 1 is 1.20 bits per heavy atom. The highest BCUT2D eigenvalue weighted by Gasteiger charge is 2.18. The van der Waals surface area contributed by atoms with Crippen LogP contribution in [0.5, 0.6) is 0 Å². The van der Waals surface area contributed by atoms with E-state index in [9.17, 15) is 9.18 Å². The van der Waals surface area contributed by atoms with Gasteiger partial charge >= 0.3 is 0 Å². The summed E-state index contributed by atoms with van der Waals surface area (Å²) in [6.07, 6.45) is 0. The molecule has 0 aliphatic heterocycles. The van der Waals surface area contributed by atoms with Gasteiger partial charge in [-0.25, -0.2) is 4.39 Å². The quantitative estimate of drug-likeness (QED) is 0.852. The van der Waals surface area contributed by atoms with Gasteiger partial charge < -0.3 is 5.32 Å². The third kappa shape index (κ3) is 3.17. The number of carbonyl (C=O) groups is 1. The number of aryl methyl sites for hydroxylation is 1. The number of alkyl halides is 1. The standard InChI is InChI=1S/C16H15ClFNO/c1-11-6-5-9-13(15(11)18)16(20)19-14(10-17)12-7-3-2-4-8-12/h2-9,14H,10H2,1H3,(H,19,20). The molecule has 0 saturated heterocycles. The molecule has 0 aliphatic carbocycles. The predicted molar refractivity (Wildman–Crippen MR) is 78.5 cm³/mol. The summed E-state index contributed by atoms with van der Waals surface area (Å²) < 4.78 is 13.9. The van der Waals surface area contributed by atoms with Gasteiger partial charge in [0.1, 0.15) is 5.82 Å². The van der Waals surface area contributed by atoms with Gasteiger partial charge in [-0.05, 0) is 24.1 Å². The van der Waals surface area contributed by atoms with Crippen molar-refractivity contribution in [2.24, 2.45) is 0 Å². The Balaban J connectivity index is 2.20. The second-order valence-electron chi connectivity index (χ2n) is 4.53. The summed E-state index contributed by atoms with van der Waals surface area (Å²) in [6, 6.07) is 13.8. The van der Waals surface area contributed by atoms with Gasteiger partial charge in [0.15, 0.2) is 0 Å². The first kappa shape index (κ1) is 14.5. The third-order valence-electron chi connectivity index (χ3n) is 3.10. The van der Waals surface area contributed by atoms with Crippen LogP contribution in [0.15, 0.2) is 48.5 Å². The van der Waals surface area contributed by atoms with E-state index in [0.29, 0.717) is 5.56 Å². The van der Waals surface area contributed by atoms with Crippen molar-refractivity contribution in [3.8, 4) is 0 Å². The number of halogens is 2. The average Bonchev–Trinajstić information content (AvgIpc) is 2.48. The smallest absolute Gasteiger partial charge is 0.254 e. The summed E-state index contributed by atoms with van der Waals surface area (Å²) in [5, 5.41) is 2.76. The van der Waals surface area contributed by atoms with Crippen LogP contribution in [0.2, 0.25) is 0 Å². The molecule has 2 rings (SSSR count). The van der Waals surface area contributed by atoms with Gasteiger partial charge in [-0.1, -0.05) is 42.5 Å². The number of carbonyl (C=O) groups excluding carboxylic acids is 1. The van der Waals surface area contributed by atoms with E-state index in [-0.39, 0.29) is 17.5 Å². The van der Waals surface area contributed by atoms with Crippen LogP contribution in [-0.2, 0) is 0 Å². The monoisotopic (exact) mass is 291 g/mol. The first-order chi connectivity index (χ1) is 9.63. The number of hydrogen-bond acceptors (Lipinski definition) is 1. The molecule has 20 heavy (non-hydrogen) atoms. The summed E-state index contributed by atoms with van der Waals surface area (Å²) in [5.74, 6) is -0.726. The molecule has 0 saturated carbocycles. The van der Waals surface area contributed by atoms with Crippen molar-refractivity contribution < 1.29 is 9.18 Å². The lowest BCUT2D eigenvalue weighted by Gasteiger charge is -2.17. The van der Waals surface area contributed by atoms with Crippen LogP contribution in [0.25, 0.3) is 0 Å². The molecule has 1 N–H and O–H groups in total. The summed E-state index contributed by atoms with van der Waals surface area (Å²) in [6.45, 7) is 1.63. The molecule has 0 radical (unpaired) electrons. The van der Waals surface area contributed by atoms with Gasteiger partial charge in [0.25, 0.3) is 5.91 Å². The summed E-state index contributed by atoms with van der Waals surface area (Å²) in [7, 11) is 0. The van der Waals surface area contributed by atoms with E-state index in [1.165, 1.54) is 6.07 Å². The second-order valence-corrected chi connectivity index (χ2v) is 4.84. The molecule has 4 heteroatoms. The average molecular weight is 292 g/mol. The molecular weight excluding hydrogens is 277 g/mol. The lowest BCUT2D eigenvalue weighted by molar-refractivity contribution is 0.0936. The minimum absolute atomic E-state index is 0.0380. The number of hydrogen-bond donors (Lipinski definition) is 1. The van der Waals surface area contributed by atoms with E-state index >= 15 is 0 Å². The molecule has 0 spiro atoms. The van der Waals surface area contributed by atoms with Gasteiger partial charge in [0, 0.05) is 5.88 Å². The number of nitrogens with one attached hydrogen (secondary N) is 1. The van der Waals surface area contributed by atoms with E-state index in [2.05, 4.69) is 5.32 Å². The molecule has 0 heterocycles. The molecule has 1 unspecified atom stereocenters.